The van der Waals surface area contributed by atoms with Crippen molar-refractivity contribution < 1.29 is 28.5 Å². The molecule has 0 spiro atoms. The number of carbonyl (C=O) groups is 2. The van der Waals surface area contributed by atoms with Crippen molar-refractivity contribution in [3.8, 4) is 11.5 Å². The Labute approximate surface area is 143 Å². The Kier molecular flexibility index (Phi) is 10.3. The van der Waals surface area contributed by atoms with E-state index >= 15 is 0 Å². The molecule has 0 aliphatic rings. The Balaban J connectivity index is 2.08. The first-order valence-electron chi connectivity index (χ1n) is 8.23. The van der Waals surface area contributed by atoms with Crippen LogP contribution in [0.2, 0.25) is 0 Å². The van der Waals surface area contributed by atoms with Crippen LogP contribution in [0, 0.1) is 0 Å². The van der Waals surface area contributed by atoms with Gasteiger partial charge >= 0.3 is 11.9 Å². The van der Waals surface area contributed by atoms with Crippen molar-refractivity contribution in [3.05, 3.63) is 24.3 Å². The molecule has 134 valence electrons. The molecule has 0 bridgehead atoms. The average molecular weight is 338 g/mol. The van der Waals surface area contributed by atoms with Crippen LogP contribution >= 0.6 is 0 Å². The molecule has 0 aromatic heterocycles. The third-order valence-electron chi connectivity index (χ3n) is 3.24. The van der Waals surface area contributed by atoms with Crippen molar-refractivity contribution in [2.24, 2.45) is 0 Å². The molecule has 0 heterocycles. The third kappa shape index (κ3) is 9.15. The normalized spacial score (nSPS) is 10.2. The summed E-state index contributed by atoms with van der Waals surface area (Å²) in [4.78, 5) is 23.0. The van der Waals surface area contributed by atoms with Gasteiger partial charge in [0.05, 0.1) is 13.7 Å². The summed E-state index contributed by atoms with van der Waals surface area (Å²) in [6, 6.07) is 6.59. The number of ether oxygens (including phenoxy) is 4. The van der Waals surface area contributed by atoms with Crippen molar-refractivity contribution in [3.63, 3.8) is 0 Å². The summed E-state index contributed by atoms with van der Waals surface area (Å²) in [5.41, 5.74) is 0. The van der Waals surface area contributed by atoms with E-state index in [4.69, 9.17) is 18.9 Å². The van der Waals surface area contributed by atoms with Gasteiger partial charge in [-0.2, -0.15) is 0 Å². The van der Waals surface area contributed by atoms with Crippen LogP contribution in [0.4, 0.5) is 0 Å². The molecule has 0 fully saturated rings. The quantitative estimate of drug-likeness (QED) is 0.331. The summed E-state index contributed by atoms with van der Waals surface area (Å²) >= 11 is 0. The van der Waals surface area contributed by atoms with Crippen LogP contribution in [-0.4, -0.2) is 38.9 Å². The van der Waals surface area contributed by atoms with Gasteiger partial charge in [-0.3, -0.25) is 0 Å². The number of esters is 2. The van der Waals surface area contributed by atoms with Gasteiger partial charge in [-0.25, -0.2) is 9.59 Å². The molecule has 0 aliphatic heterocycles. The van der Waals surface area contributed by atoms with E-state index in [9.17, 15) is 9.59 Å². The number of methoxy groups -OCH3 is 1. The molecule has 0 amide bonds. The fourth-order valence-corrected chi connectivity index (χ4v) is 1.96. The zero-order valence-corrected chi connectivity index (χ0v) is 14.4. The lowest BCUT2D eigenvalue weighted by molar-refractivity contribution is -0.152. The van der Waals surface area contributed by atoms with Gasteiger partial charge in [-0.15, -0.1) is 0 Å². The first-order valence-corrected chi connectivity index (χ1v) is 8.23. The van der Waals surface area contributed by atoms with Crippen molar-refractivity contribution in [2.75, 3.05) is 26.9 Å². The molecule has 0 atom stereocenters. The molecule has 1 aromatic rings. The van der Waals surface area contributed by atoms with Crippen LogP contribution in [0.25, 0.3) is 0 Å². The van der Waals surface area contributed by atoms with E-state index in [1.807, 2.05) is 0 Å². The maximum absolute atomic E-state index is 11.6. The Hall–Kier alpha value is -2.08. The van der Waals surface area contributed by atoms with Gasteiger partial charge in [0.2, 0.25) is 0 Å². The minimum Gasteiger partial charge on any atom is -0.497 e. The minimum atomic E-state index is -0.576. The van der Waals surface area contributed by atoms with Gasteiger partial charge in [-0.05, 0) is 30.7 Å². The molecule has 0 radical (unpaired) electrons. The molecule has 0 aliphatic carbocycles. The second-order valence-corrected chi connectivity index (χ2v) is 5.28. The van der Waals surface area contributed by atoms with Crippen molar-refractivity contribution in [1.82, 2.24) is 0 Å². The number of rotatable bonds is 12. The van der Waals surface area contributed by atoms with Crippen LogP contribution in [0.1, 0.15) is 39.0 Å². The predicted octanol–water partition coefficient (Wildman–Crippen LogP) is 3.13. The van der Waals surface area contributed by atoms with E-state index in [1.54, 1.807) is 31.4 Å². The Morgan fingerprint density at radius 2 is 1.50 bits per heavy atom. The van der Waals surface area contributed by atoms with Gasteiger partial charge in [0, 0.05) is 0 Å². The first-order chi connectivity index (χ1) is 11.7. The molecule has 0 saturated heterocycles. The molecular weight excluding hydrogens is 312 g/mol. The van der Waals surface area contributed by atoms with Crippen LogP contribution < -0.4 is 9.47 Å². The lowest BCUT2D eigenvalue weighted by atomic mass is 10.2. The van der Waals surface area contributed by atoms with Crippen LogP contribution in [-0.2, 0) is 19.1 Å². The van der Waals surface area contributed by atoms with Crippen LogP contribution in [0.3, 0.4) is 0 Å². The SMILES string of the molecule is CCCCCCCOC(=O)COCC(=O)Oc1ccc(OC)cc1. The van der Waals surface area contributed by atoms with Gasteiger partial charge in [0.25, 0.3) is 0 Å². The molecule has 0 saturated carbocycles. The van der Waals surface area contributed by atoms with E-state index < -0.39 is 11.9 Å². The van der Waals surface area contributed by atoms with E-state index in [1.165, 1.54) is 12.8 Å². The fourth-order valence-electron chi connectivity index (χ4n) is 1.96. The maximum atomic E-state index is 11.6. The Bertz CT molecular complexity index is 483. The largest absolute Gasteiger partial charge is 0.497 e. The summed E-state index contributed by atoms with van der Waals surface area (Å²) in [6.07, 6.45) is 5.44. The summed E-state index contributed by atoms with van der Waals surface area (Å²) < 4.78 is 20.1. The van der Waals surface area contributed by atoms with Gasteiger partial charge in [0.1, 0.15) is 24.7 Å². The number of unbranched alkanes of at least 4 members (excludes halogenated alkanes) is 4. The minimum absolute atomic E-state index is 0.257. The lowest BCUT2D eigenvalue weighted by Crippen LogP contribution is -2.20. The highest BCUT2D eigenvalue weighted by molar-refractivity contribution is 5.75. The van der Waals surface area contributed by atoms with Gasteiger partial charge in [0.15, 0.2) is 0 Å². The number of benzene rings is 1. The first kappa shape index (κ1) is 20.0. The second-order valence-electron chi connectivity index (χ2n) is 5.28. The predicted molar refractivity (Wildman–Crippen MR) is 89.2 cm³/mol. The van der Waals surface area contributed by atoms with Gasteiger partial charge < -0.3 is 18.9 Å². The summed E-state index contributed by atoms with van der Waals surface area (Å²) in [7, 11) is 1.55. The highest BCUT2D eigenvalue weighted by Crippen LogP contribution is 2.17. The van der Waals surface area contributed by atoms with Crippen LogP contribution in [0.5, 0.6) is 11.5 Å². The Morgan fingerprint density at radius 3 is 2.17 bits per heavy atom. The van der Waals surface area contributed by atoms with Crippen LogP contribution in [0.15, 0.2) is 24.3 Å². The molecule has 6 heteroatoms. The van der Waals surface area contributed by atoms with E-state index in [-0.39, 0.29) is 13.2 Å². The van der Waals surface area contributed by atoms with Gasteiger partial charge in [-0.1, -0.05) is 32.6 Å². The van der Waals surface area contributed by atoms with Crippen molar-refractivity contribution in [2.45, 2.75) is 39.0 Å². The van der Waals surface area contributed by atoms with E-state index in [0.29, 0.717) is 18.1 Å². The molecule has 1 rings (SSSR count). The molecule has 1 aromatic carbocycles. The number of hydrogen-bond acceptors (Lipinski definition) is 6. The maximum Gasteiger partial charge on any atom is 0.337 e. The zero-order chi connectivity index (χ0) is 17.6. The highest BCUT2D eigenvalue weighted by Gasteiger charge is 2.08. The van der Waals surface area contributed by atoms with E-state index in [0.717, 1.165) is 19.3 Å². The van der Waals surface area contributed by atoms with Crippen molar-refractivity contribution >= 4 is 11.9 Å². The standard InChI is InChI=1S/C18H26O6/c1-3-4-5-6-7-12-23-17(19)13-22-14-18(20)24-16-10-8-15(21-2)9-11-16/h8-11H,3-7,12-14H2,1-2H3. The molecule has 24 heavy (non-hydrogen) atoms. The second kappa shape index (κ2) is 12.4. The molecule has 0 unspecified atom stereocenters. The Morgan fingerprint density at radius 1 is 0.875 bits per heavy atom. The molecular formula is C18H26O6. The number of hydrogen-bond donors (Lipinski definition) is 0. The number of carbonyl (C=O) groups excluding carboxylic acids is 2. The zero-order valence-electron chi connectivity index (χ0n) is 14.4. The molecule has 6 nitrogen and oxygen atoms in total. The summed E-state index contributed by atoms with van der Waals surface area (Å²) in [6.45, 7) is 1.98. The average Bonchev–Trinajstić information content (AvgIpc) is 2.58. The third-order valence-corrected chi connectivity index (χ3v) is 3.24. The smallest absolute Gasteiger partial charge is 0.337 e. The molecule has 0 N–H and O–H groups in total. The summed E-state index contributed by atoms with van der Waals surface area (Å²) in [5.74, 6) is 0.0119. The lowest BCUT2D eigenvalue weighted by Gasteiger charge is -2.07. The summed E-state index contributed by atoms with van der Waals surface area (Å²) in [5, 5.41) is 0. The fraction of sp³-hybridized carbons (Fsp3) is 0.556. The van der Waals surface area contributed by atoms with Crippen molar-refractivity contribution in [1.29, 1.82) is 0 Å². The van der Waals surface area contributed by atoms with E-state index in [2.05, 4.69) is 6.92 Å². The highest BCUT2D eigenvalue weighted by atomic mass is 16.6. The monoisotopic (exact) mass is 338 g/mol. The topological polar surface area (TPSA) is 71.1 Å².